The summed E-state index contributed by atoms with van der Waals surface area (Å²) in [4.78, 5) is 0.306. The number of rotatable bonds is 4. The van der Waals surface area contributed by atoms with Gasteiger partial charge in [0.15, 0.2) is 0 Å². The van der Waals surface area contributed by atoms with Crippen molar-refractivity contribution in [3.63, 3.8) is 0 Å². The van der Waals surface area contributed by atoms with Gasteiger partial charge in [-0.1, -0.05) is 43.2 Å². The van der Waals surface area contributed by atoms with Gasteiger partial charge in [0.2, 0.25) is 10.0 Å². The molecular formula is C16H21ClN2O2S. The van der Waals surface area contributed by atoms with Crippen molar-refractivity contribution >= 4 is 33.2 Å². The zero-order valence-corrected chi connectivity index (χ0v) is 13.9. The molecule has 2 aromatic carbocycles. The predicted octanol–water partition coefficient (Wildman–Crippen LogP) is 2.81. The van der Waals surface area contributed by atoms with Gasteiger partial charge in [-0.05, 0) is 35.7 Å². The molecule has 1 saturated carbocycles. The maximum Gasteiger partial charge on any atom is 0.241 e. The van der Waals surface area contributed by atoms with Crippen molar-refractivity contribution in [3.05, 3.63) is 42.5 Å². The Morgan fingerprint density at radius 3 is 2.32 bits per heavy atom. The van der Waals surface area contributed by atoms with Gasteiger partial charge < -0.3 is 5.73 Å². The third-order valence-corrected chi connectivity index (χ3v) is 5.91. The Hall–Kier alpha value is -1.14. The maximum atomic E-state index is 12.6. The minimum atomic E-state index is -3.54. The van der Waals surface area contributed by atoms with Crippen LogP contribution in [0.5, 0.6) is 0 Å². The first-order chi connectivity index (χ1) is 10.0. The van der Waals surface area contributed by atoms with E-state index in [9.17, 15) is 8.42 Å². The van der Waals surface area contributed by atoms with E-state index in [1.54, 1.807) is 12.1 Å². The molecule has 3 rings (SSSR count). The number of fused-ring (bicyclic) bond motifs is 1. The summed E-state index contributed by atoms with van der Waals surface area (Å²) >= 11 is 0. The van der Waals surface area contributed by atoms with Crippen LogP contribution in [0.4, 0.5) is 0 Å². The molecule has 22 heavy (non-hydrogen) atoms. The Morgan fingerprint density at radius 2 is 1.68 bits per heavy atom. The molecular weight excluding hydrogens is 320 g/mol. The Morgan fingerprint density at radius 1 is 1.05 bits per heavy atom. The summed E-state index contributed by atoms with van der Waals surface area (Å²) in [6, 6.07) is 13.0. The minimum absolute atomic E-state index is 0. The highest BCUT2D eigenvalue weighted by Crippen LogP contribution is 2.30. The van der Waals surface area contributed by atoms with Crippen LogP contribution in [0.3, 0.4) is 0 Å². The molecule has 120 valence electrons. The lowest BCUT2D eigenvalue weighted by Gasteiger charge is -2.28. The van der Waals surface area contributed by atoms with Crippen LogP contribution in [0.15, 0.2) is 47.4 Å². The van der Waals surface area contributed by atoms with E-state index in [0.29, 0.717) is 11.4 Å². The van der Waals surface area contributed by atoms with Gasteiger partial charge in [0.05, 0.1) is 4.90 Å². The average Bonchev–Trinajstić information content (AvgIpc) is 2.95. The number of halogens is 1. The number of nitrogens with two attached hydrogens (primary N) is 1. The Labute approximate surface area is 137 Å². The molecule has 4 nitrogen and oxygen atoms in total. The fraction of sp³-hybridized carbons (Fsp3) is 0.375. The number of sulfonamides is 1. The standard InChI is InChI=1S/C16H20N2O2S.ClH/c17-12-16(9-3-4-10-16)18-21(19,20)15-8-7-13-5-1-2-6-14(13)11-15;/h1-2,5-8,11,18H,3-4,9-10,12,17H2;1H. The van der Waals surface area contributed by atoms with Gasteiger partial charge in [0.1, 0.15) is 0 Å². The molecule has 0 atom stereocenters. The molecule has 6 heteroatoms. The van der Waals surface area contributed by atoms with E-state index in [2.05, 4.69) is 4.72 Å². The molecule has 1 fully saturated rings. The molecule has 3 N–H and O–H groups in total. The van der Waals surface area contributed by atoms with Crippen molar-refractivity contribution in [1.29, 1.82) is 0 Å². The largest absolute Gasteiger partial charge is 0.329 e. The van der Waals surface area contributed by atoms with Crippen molar-refractivity contribution in [2.45, 2.75) is 36.1 Å². The predicted molar refractivity (Wildman–Crippen MR) is 91.8 cm³/mol. The molecule has 0 aliphatic heterocycles. The SMILES string of the molecule is Cl.NCC1(NS(=O)(=O)c2ccc3ccccc3c2)CCCC1. The van der Waals surface area contributed by atoms with Crippen LogP contribution in [0, 0.1) is 0 Å². The van der Waals surface area contributed by atoms with Crippen LogP contribution in [0.1, 0.15) is 25.7 Å². The van der Waals surface area contributed by atoms with Crippen LogP contribution in [0.2, 0.25) is 0 Å². The highest BCUT2D eigenvalue weighted by atomic mass is 35.5. The summed E-state index contributed by atoms with van der Waals surface area (Å²) in [5.74, 6) is 0. The molecule has 0 radical (unpaired) electrons. The molecule has 0 heterocycles. The van der Waals surface area contributed by atoms with Crippen molar-refractivity contribution in [2.75, 3.05) is 6.54 Å². The van der Waals surface area contributed by atoms with Gasteiger partial charge in [-0.3, -0.25) is 0 Å². The summed E-state index contributed by atoms with van der Waals surface area (Å²) in [5.41, 5.74) is 5.35. The average molecular weight is 341 g/mol. The molecule has 0 bridgehead atoms. The quantitative estimate of drug-likeness (QED) is 0.899. The van der Waals surface area contributed by atoms with Gasteiger partial charge in [0, 0.05) is 12.1 Å². The monoisotopic (exact) mass is 340 g/mol. The smallest absolute Gasteiger partial charge is 0.241 e. The number of benzene rings is 2. The van der Waals surface area contributed by atoms with E-state index in [1.807, 2.05) is 30.3 Å². The van der Waals surface area contributed by atoms with E-state index >= 15 is 0 Å². The Kier molecular flexibility index (Phi) is 5.12. The lowest BCUT2D eigenvalue weighted by Crippen LogP contribution is -2.51. The zero-order chi connectivity index (χ0) is 14.9. The second-order valence-electron chi connectivity index (χ2n) is 5.81. The summed E-state index contributed by atoms with van der Waals surface area (Å²) in [6.07, 6.45) is 3.68. The van der Waals surface area contributed by atoms with Gasteiger partial charge in [-0.25, -0.2) is 13.1 Å². The normalized spacial score (nSPS) is 17.3. The van der Waals surface area contributed by atoms with E-state index in [0.717, 1.165) is 36.5 Å². The van der Waals surface area contributed by atoms with Gasteiger partial charge >= 0.3 is 0 Å². The van der Waals surface area contributed by atoms with Crippen molar-refractivity contribution in [1.82, 2.24) is 4.72 Å². The summed E-state index contributed by atoms with van der Waals surface area (Å²) in [7, 11) is -3.54. The van der Waals surface area contributed by atoms with E-state index in [-0.39, 0.29) is 12.4 Å². The lowest BCUT2D eigenvalue weighted by molar-refractivity contribution is 0.399. The zero-order valence-electron chi connectivity index (χ0n) is 12.3. The topological polar surface area (TPSA) is 72.2 Å². The van der Waals surface area contributed by atoms with Crippen LogP contribution in [0.25, 0.3) is 10.8 Å². The summed E-state index contributed by atoms with van der Waals surface area (Å²) in [6.45, 7) is 0.347. The second kappa shape index (κ2) is 6.54. The maximum absolute atomic E-state index is 12.6. The van der Waals surface area contributed by atoms with Crippen LogP contribution < -0.4 is 10.5 Å². The highest BCUT2D eigenvalue weighted by Gasteiger charge is 2.36. The fourth-order valence-corrected chi connectivity index (χ4v) is 4.58. The van der Waals surface area contributed by atoms with E-state index < -0.39 is 15.6 Å². The molecule has 0 aromatic heterocycles. The molecule has 1 aliphatic rings. The van der Waals surface area contributed by atoms with Gasteiger partial charge in [0.25, 0.3) is 0 Å². The molecule has 0 saturated heterocycles. The second-order valence-corrected chi connectivity index (χ2v) is 7.49. The van der Waals surface area contributed by atoms with Crippen LogP contribution in [-0.2, 0) is 10.0 Å². The Balaban J connectivity index is 0.00000176. The minimum Gasteiger partial charge on any atom is -0.329 e. The first-order valence-corrected chi connectivity index (χ1v) is 8.76. The van der Waals surface area contributed by atoms with E-state index in [1.165, 1.54) is 0 Å². The van der Waals surface area contributed by atoms with Crippen LogP contribution in [-0.4, -0.2) is 20.5 Å². The third-order valence-electron chi connectivity index (χ3n) is 4.33. The lowest BCUT2D eigenvalue weighted by atomic mass is 10.0. The Bertz CT molecular complexity index is 756. The molecule has 2 aromatic rings. The highest BCUT2D eigenvalue weighted by molar-refractivity contribution is 7.89. The molecule has 0 unspecified atom stereocenters. The number of nitrogens with one attached hydrogen (secondary N) is 1. The first kappa shape index (κ1) is 17.2. The van der Waals surface area contributed by atoms with Crippen molar-refractivity contribution in [3.8, 4) is 0 Å². The fourth-order valence-electron chi connectivity index (χ4n) is 3.08. The molecule has 1 aliphatic carbocycles. The van der Waals surface area contributed by atoms with Crippen LogP contribution >= 0.6 is 12.4 Å². The van der Waals surface area contributed by atoms with Crippen molar-refractivity contribution < 1.29 is 8.42 Å². The number of hydrogen-bond acceptors (Lipinski definition) is 3. The number of hydrogen-bond donors (Lipinski definition) is 2. The van der Waals surface area contributed by atoms with E-state index in [4.69, 9.17) is 5.73 Å². The molecule has 0 spiro atoms. The van der Waals surface area contributed by atoms with Crippen molar-refractivity contribution in [2.24, 2.45) is 5.73 Å². The summed E-state index contributed by atoms with van der Waals surface area (Å²) < 4.78 is 28.1. The van der Waals surface area contributed by atoms with Gasteiger partial charge in [-0.2, -0.15) is 0 Å². The van der Waals surface area contributed by atoms with Gasteiger partial charge in [-0.15, -0.1) is 12.4 Å². The first-order valence-electron chi connectivity index (χ1n) is 7.28. The third kappa shape index (κ3) is 3.27. The molecule has 0 amide bonds. The summed E-state index contributed by atoms with van der Waals surface area (Å²) in [5, 5.41) is 1.96.